The number of allylic oxidation sites excluding steroid dienone is 7. The average Bonchev–Trinajstić information content (AvgIpc) is 0.772. The fraction of sp³-hybridized carbons (Fsp3) is 0.649. The molecule has 23 nitrogen and oxygen atoms in total. The van der Waals surface area contributed by atoms with E-state index in [1.54, 1.807) is 48.0 Å². The van der Waals surface area contributed by atoms with Crippen LogP contribution in [0.3, 0.4) is 0 Å². The number of rotatable bonds is 13. The summed E-state index contributed by atoms with van der Waals surface area (Å²) in [6, 6.07) is 8.41. The lowest BCUT2D eigenvalue weighted by atomic mass is 9.78. The van der Waals surface area contributed by atoms with Crippen molar-refractivity contribution >= 4 is 58.0 Å². The van der Waals surface area contributed by atoms with E-state index in [4.69, 9.17) is 52.8 Å². The monoisotopic (exact) mass is 1390 g/mol. The molecule has 0 spiro atoms. The van der Waals surface area contributed by atoms with Crippen molar-refractivity contribution in [3.63, 3.8) is 0 Å². The van der Waals surface area contributed by atoms with Crippen LogP contribution in [0.1, 0.15) is 151 Å². The van der Waals surface area contributed by atoms with Crippen molar-refractivity contribution in [2.75, 3.05) is 77.2 Å². The molecule has 17 atom stereocenters. The van der Waals surface area contributed by atoms with E-state index >= 15 is 0 Å². The Bertz CT molecular complexity index is 3480. The molecule has 548 valence electrons. The third-order valence-corrected chi connectivity index (χ3v) is 21.6. The van der Waals surface area contributed by atoms with Crippen molar-refractivity contribution in [1.82, 2.24) is 19.9 Å². The molecule has 7 heterocycles. The van der Waals surface area contributed by atoms with Gasteiger partial charge >= 0.3 is 11.9 Å². The number of esters is 2. The highest BCUT2D eigenvalue weighted by molar-refractivity contribution is 6.39. The van der Waals surface area contributed by atoms with Gasteiger partial charge in [-0.15, -0.1) is 0 Å². The molecule has 1 aliphatic carbocycles. The molecule has 2 aromatic heterocycles. The molecule has 1 amide bonds. The molecule has 6 aliphatic rings. The number of carbonyl (C=O) groups excluding carboxylic acids is 6. The number of nitrogens with zero attached hydrogens (tertiary/aromatic N) is 6. The van der Waals surface area contributed by atoms with Crippen molar-refractivity contribution in [2.24, 2.45) is 41.4 Å². The standard InChI is InChI=1S/C77H108N6O17/c1-45-18-14-13-15-19-46(2)56(40-67(86)98-44-57-38-55(23-28-64(57)93-10)60-26-25-59-72(78-60)79-76(82-31-33-97-43-53(82)9)80-73(59)81-30-32-96-42-52(81)8)39-58-24-21-51(7)77(92,100-58)71(89)74(90)83-29-17-16-20-61(83)75(91)99-65(48(4)36-54-22-27-62(84)66(37-54)94-11)41-63(85)47(3)35-50(6)69(88)70(95-12)68(87)49(5)34-45/h13-15,18-19,23,25-26,28,35,38,45,47-49,51-54,56,58,61-62,65-66,69-70,84,88,92H,16-17,20-22,24,27,29-34,36-37,39-44H2,1-12H3/b15-13+,18-14+,46-19+,50-35+/t45-,47-,48-,49-,51-,52+,53+,54+,56?,58+,61+,62-,65?,66-,69-,70+,77-/m1/s1. The van der Waals surface area contributed by atoms with Crippen LogP contribution in [0.2, 0.25) is 0 Å². The number of ketones is 3. The number of ether oxygens (including phenoxy) is 8. The van der Waals surface area contributed by atoms with Crippen LogP contribution in [0.25, 0.3) is 22.3 Å². The minimum absolute atomic E-state index is 0.0148. The normalized spacial score (nSPS) is 33.7. The average molecular weight is 1390 g/mol. The lowest BCUT2D eigenvalue weighted by molar-refractivity contribution is -0.264. The summed E-state index contributed by atoms with van der Waals surface area (Å²) in [5, 5.41) is 35.6. The summed E-state index contributed by atoms with van der Waals surface area (Å²) < 4.78 is 47.6. The van der Waals surface area contributed by atoms with Gasteiger partial charge in [0, 0.05) is 69.2 Å². The Hall–Kier alpha value is -6.83. The molecule has 9 rings (SSSR count). The molecule has 4 saturated heterocycles. The molecule has 23 heteroatoms. The predicted octanol–water partition coefficient (Wildman–Crippen LogP) is 9.38. The fourth-order valence-corrected chi connectivity index (χ4v) is 15.2. The number of aromatic nitrogens is 3. The molecule has 1 saturated carbocycles. The van der Waals surface area contributed by atoms with Gasteiger partial charge in [-0.3, -0.25) is 24.0 Å². The Morgan fingerprint density at radius 1 is 0.780 bits per heavy atom. The minimum atomic E-state index is -2.60. The van der Waals surface area contributed by atoms with Crippen molar-refractivity contribution in [3.8, 4) is 17.0 Å². The SMILES string of the molecule is COc1ccc(-c2ccc3c(N4CCOC[C@@H]4C)nc(N4CCOC[C@@H]4C)nc3n2)cc1COC(=O)CC1C[C@@H]2CC[C@@H](C)[C@@](O)(O2)C(=O)C(=O)N2CCCC[C@H]2C(=O)OC([C@H](C)C[C@@H]2CC[C@@H](O)[C@H](OC)C2)CC(=O)[C@H](C)/C=C(\C)[C@@H](O)[C@@H](OC)C(=O)[C@H](C)C[C@H](C)/C=C/C=C/C=C/1C. The zero-order valence-corrected chi connectivity index (χ0v) is 60.7. The van der Waals surface area contributed by atoms with Gasteiger partial charge in [0.2, 0.25) is 11.7 Å². The second-order valence-corrected chi connectivity index (χ2v) is 29.1. The predicted molar refractivity (Wildman–Crippen MR) is 377 cm³/mol. The maximum absolute atomic E-state index is 14.8. The number of fused-ring (bicyclic) bond motifs is 4. The zero-order valence-electron chi connectivity index (χ0n) is 60.7. The molecule has 5 fully saturated rings. The summed E-state index contributed by atoms with van der Waals surface area (Å²) >= 11 is 0. The van der Waals surface area contributed by atoms with Gasteiger partial charge in [0.15, 0.2) is 11.4 Å². The van der Waals surface area contributed by atoms with Gasteiger partial charge in [0.25, 0.3) is 11.7 Å². The van der Waals surface area contributed by atoms with Crippen LogP contribution >= 0.6 is 0 Å². The van der Waals surface area contributed by atoms with Crippen LogP contribution in [-0.4, -0.2) is 198 Å². The summed E-state index contributed by atoms with van der Waals surface area (Å²) in [5.41, 5.74) is 3.60. The number of hydrogen-bond acceptors (Lipinski definition) is 22. The number of Topliss-reactive ketones (excluding diaryl/α,β-unsaturated/α-hetero) is 3. The number of benzene rings is 1. The number of hydrogen-bond donors (Lipinski definition) is 3. The van der Waals surface area contributed by atoms with Crippen LogP contribution < -0.4 is 14.5 Å². The smallest absolute Gasteiger partial charge is 0.329 e. The third-order valence-electron chi connectivity index (χ3n) is 21.6. The summed E-state index contributed by atoms with van der Waals surface area (Å²) in [6.45, 7) is 20.1. The largest absolute Gasteiger partial charge is 0.496 e. The Balaban J connectivity index is 0.981. The lowest BCUT2D eigenvalue weighted by Gasteiger charge is -2.43. The fourth-order valence-electron chi connectivity index (χ4n) is 15.2. The summed E-state index contributed by atoms with van der Waals surface area (Å²) in [6.07, 6.45) is 9.90. The van der Waals surface area contributed by atoms with Crippen LogP contribution in [-0.2, 0) is 68.5 Å². The van der Waals surface area contributed by atoms with E-state index in [1.807, 2.05) is 81.5 Å². The van der Waals surface area contributed by atoms with E-state index < -0.39 is 95.6 Å². The number of morpholine rings is 2. The molecule has 5 aliphatic heterocycles. The van der Waals surface area contributed by atoms with Crippen LogP contribution in [0.15, 0.2) is 77.9 Å². The number of methoxy groups -OCH3 is 3. The Morgan fingerprint density at radius 3 is 2.23 bits per heavy atom. The van der Waals surface area contributed by atoms with Gasteiger partial charge < -0.3 is 67.9 Å². The highest BCUT2D eigenvalue weighted by Gasteiger charge is 2.53. The topological polar surface area (TPSA) is 285 Å². The number of anilines is 2. The second-order valence-electron chi connectivity index (χ2n) is 29.1. The molecule has 3 N–H and O–H groups in total. The number of carbonyl (C=O) groups is 6. The first-order valence-electron chi connectivity index (χ1n) is 36.2. The van der Waals surface area contributed by atoms with Crippen LogP contribution in [0, 0.1) is 41.4 Å². The zero-order chi connectivity index (χ0) is 72.1. The molecule has 3 aromatic rings. The van der Waals surface area contributed by atoms with Gasteiger partial charge in [0.05, 0.1) is 81.4 Å². The number of amides is 1. The number of piperidine rings is 1. The first-order chi connectivity index (χ1) is 47.8. The third kappa shape index (κ3) is 18.9. The van der Waals surface area contributed by atoms with E-state index in [0.29, 0.717) is 125 Å². The first kappa shape index (κ1) is 77.3. The highest BCUT2D eigenvalue weighted by atomic mass is 16.6. The number of aliphatic hydroxyl groups excluding tert-OH is 2. The van der Waals surface area contributed by atoms with E-state index in [9.17, 15) is 44.1 Å². The molecular formula is C77H108N6O17. The van der Waals surface area contributed by atoms with Gasteiger partial charge in [-0.05, 0) is 158 Å². The maximum Gasteiger partial charge on any atom is 0.329 e. The second kappa shape index (κ2) is 35.4. The molecular weight excluding hydrogens is 1280 g/mol. The summed E-state index contributed by atoms with van der Waals surface area (Å²) in [7, 11) is 4.47. The van der Waals surface area contributed by atoms with Gasteiger partial charge in [-0.25, -0.2) is 9.78 Å². The van der Waals surface area contributed by atoms with Crippen LogP contribution in [0.4, 0.5) is 11.8 Å². The molecule has 100 heavy (non-hydrogen) atoms. The highest BCUT2D eigenvalue weighted by Crippen LogP contribution is 2.40. The van der Waals surface area contributed by atoms with Crippen molar-refractivity contribution in [3.05, 3.63) is 83.5 Å². The van der Waals surface area contributed by atoms with E-state index in [1.165, 1.54) is 12.0 Å². The van der Waals surface area contributed by atoms with Gasteiger partial charge in [-0.1, -0.05) is 76.6 Å². The molecule has 1 aromatic carbocycles. The van der Waals surface area contributed by atoms with Crippen molar-refractivity contribution < 1.29 is 82.0 Å². The van der Waals surface area contributed by atoms with E-state index in [2.05, 4.69) is 23.6 Å². The van der Waals surface area contributed by atoms with Gasteiger partial charge in [0.1, 0.15) is 48.3 Å². The number of cyclic esters (lactones) is 1. The first-order valence-corrected chi connectivity index (χ1v) is 36.2. The summed E-state index contributed by atoms with van der Waals surface area (Å²) in [5.74, 6) is -8.15. The summed E-state index contributed by atoms with van der Waals surface area (Å²) in [4.78, 5) is 108. The lowest BCUT2D eigenvalue weighted by Crippen LogP contribution is -2.60. The van der Waals surface area contributed by atoms with E-state index in [-0.39, 0.29) is 86.8 Å². The molecule has 2 bridgehead atoms. The maximum atomic E-state index is 14.8. The Morgan fingerprint density at radius 2 is 1.52 bits per heavy atom. The number of pyridine rings is 1. The molecule has 0 radical (unpaired) electrons. The van der Waals surface area contributed by atoms with Crippen LogP contribution in [0.5, 0.6) is 5.75 Å². The van der Waals surface area contributed by atoms with Crippen molar-refractivity contribution in [2.45, 2.75) is 213 Å². The minimum Gasteiger partial charge on any atom is -0.496 e. The Kier molecular flexibility index (Phi) is 27.4. The quantitative estimate of drug-likeness (QED) is 0.0815. The van der Waals surface area contributed by atoms with Gasteiger partial charge in [-0.2, -0.15) is 9.97 Å². The number of aliphatic hydroxyl groups is 3. The molecule has 2 unspecified atom stereocenters. The van der Waals surface area contributed by atoms with Crippen molar-refractivity contribution in [1.29, 1.82) is 0 Å². The Labute approximate surface area is 589 Å². The van der Waals surface area contributed by atoms with E-state index in [0.717, 1.165) is 22.3 Å².